The second-order valence-corrected chi connectivity index (χ2v) is 10.7. The summed E-state index contributed by atoms with van der Waals surface area (Å²) < 4.78 is 0. The molecule has 4 aliphatic rings. The Kier molecular flexibility index (Phi) is 5.59. The minimum Gasteiger partial charge on any atom is -0.392 e. The number of fused-ring (bicyclic) bond motifs is 3. The molecule has 32 heavy (non-hydrogen) atoms. The summed E-state index contributed by atoms with van der Waals surface area (Å²) in [5, 5.41) is 55.5. The zero-order chi connectivity index (χ0) is 23.9. The highest BCUT2D eigenvalue weighted by Crippen LogP contribution is 2.58. The normalized spacial score (nSPS) is 53.4. The van der Waals surface area contributed by atoms with Gasteiger partial charge in [0.05, 0.1) is 29.6 Å². The summed E-state index contributed by atoms with van der Waals surface area (Å²) in [5.74, 6) is -8.99. The summed E-state index contributed by atoms with van der Waals surface area (Å²) in [6.07, 6.45) is -3.56. The fraction of sp³-hybridized carbons (Fsp3) is 0.864. The molecule has 4 saturated carbocycles. The summed E-state index contributed by atoms with van der Waals surface area (Å²) in [7, 11) is 3.70. The first-order chi connectivity index (χ1) is 14.8. The molecule has 0 saturated heterocycles. The van der Waals surface area contributed by atoms with E-state index in [4.69, 9.17) is 5.73 Å². The monoisotopic (exact) mass is 454 g/mol. The zero-order valence-corrected chi connectivity index (χ0v) is 18.6. The van der Waals surface area contributed by atoms with Gasteiger partial charge in [0.2, 0.25) is 5.91 Å². The van der Waals surface area contributed by atoms with Crippen molar-refractivity contribution in [2.24, 2.45) is 41.2 Å². The molecule has 0 aromatic heterocycles. The van der Waals surface area contributed by atoms with Crippen LogP contribution in [0.5, 0.6) is 0 Å². The summed E-state index contributed by atoms with van der Waals surface area (Å²) in [4.78, 5) is 40.4. The molecular weight excluding hydrogens is 420 g/mol. The molecule has 4 aliphatic carbocycles. The lowest BCUT2D eigenvalue weighted by Gasteiger charge is -2.62. The number of aliphatic hydroxyl groups excluding tert-OH is 3. The number of nitrogens with zero attached hydrogens (tertiary/aromatic N) is 1. The average molecular weight is 455 g/mol. The molecule has 0 radical (unpaired) electrons. The van der Waals surface area contributed by atoms with Crippen LogP contribution in [-0.2, 0) is 14.4 Å². The Morgan fingerprint density at radius 2 is 1.66 bits per heavy atom. The van der Waals surface area contributed by atoms with Crippen molar-refractivity contribution in [1.82, 2.24) is 4.90 Å². The van der Waals surface area contributed by atoms with Crippen LogP contribution < -0.4 is 5.73 Å². The summed E-state index contributed by atoms with van der Waals surface area (Å²) >= 11 is 0. The van der Waals surface area contributed by atoms with Crippen molar-refractivity contribution in [1.29, 1.82) is 0 Å². The zero-order valence-electron chi connectivity index (χ0n) is 18.6. The van der Waals surface area contributed by atoms with E-state index in [9.17, 15) is 39.9 Å². The number of Topliss-reactive ketones (excluding diaryl/α,β-unsaturated/α-hetero) is 2. The second-order valence-electron chi connectivity index (χ2n) is 10.7. The van der Waals surface area contributed by atoms with Crippen molar-refractivity contribution in [3.05, 3.63) is 0 Å². The van der Waals surface area contributed by atoms with Crippen LogP contribution in [-0.4, -0.2) is 97.6 Å². The van der Waals surface area contributed by atoms with Crippen LogP contribution in [0.25, 0.3) is 0 Å². The van der Waals surface area contributed by atoms with Crippen LogP contribution >= 0.6 is 0 Å². The highest BCUT2D eigenvalue weighted by Gasteiger charge is 2.71. The van der Waals surface area contributed by atoms with Crippen LogP contribution in [0.2, 0.25) is 0 Å². The number of rotatable bonds is 2. The van der Waals surface area contributed by atoms with Gasteiger partial charge in [0.1, 0.15) is 17.8 Å². The lowest BCUT2D eigenvalue weighted by Crippen LogP contribution is -2.76. The van der Waals surface area contributed by atoms with Crippen molar-refractivity contribution < 1.29 is 39.9 Å². The highest BCUT2D eigenvalue weighted by atomic mass is 16.4. The topological polar surface area (TPSA) is 182 Å². The van der Waals surface area contributed by atoms with E-state index in [1.807, 2.05) is 19.0 Å². The molecule has 0 aromatic rings. The van der Waals surface area contributed by atoms with Crippen LogP contribution in [0.4, 0.5) is 0 Å². The number of aliphatic hydroxyl groups is 5. The predicted molar refractivity (Wildman–Crippen MR) is 110 cm³/mol. The van der Waals surface area contributed by atoms with Crippen LogP contribution in [0.15, 0.2) is 0 Å². The Bertz CT molecular complexity index is 831. The lowest BCUT2D eigenvalue weighted by molar-refractivity contribution is -0.247. The van der Waals surface area contributed by atoms with Crippen molar-refractivity contribution in [2.45, 2.75) is 68.2 Å². The van der Waals surface area contributed by atoms with Gasteiger partial charge in [0, 0.05) is 23.8 Å². The molecule has 7 N–H and O–H groups in total. The van der Waals surface area contributed by atoms with E-state index in [0.29, 0.717) is 12.8 Å². The molecule has 4 fully saturated rings. The van der Waals surface area contributed by atoms with E-state index in [1.54, 1.807) is 6.92 Å². The van der Waals surface area contributed by atoms with Gasteiger partial charge >= 0.3 is 0 Å². The van der Waals surface area contributed by atoms with Gasteiger partial charge in [-0.15, -0.1) is 0 Å². The lowest BCUT2D eigenvalue weighted by atomic mass is 9.45. The van der Waals surface area contributed by atoms with Crippen LogP contribution in [0.3, 0.4) is 0 Å². The molecule has 0 bridgehead atoms. The van der Waals surface area contributed by atoms with Gasteiger partial charge in [-0.25, -0.2) is 0 Å². The third kappa shape index (κ3) is 2.97. The third-order valence-corrected chi connectivity index (χ3v) is 9.00. The second kappa shape index (κ2) is 7.54. The highest BCUT2D eigenvalue weighted by molar-refractivity contribution is 6.07. The summed E-state index contributed by atoms with van der Waals surface area (Å²) in [5.41, 5.74) is 1.33. The number of hydrogen-bond donors (Lipinski definition) is 6. The number of amides is 1. The first-order valence-corrected chi connectivity index (χ1v) is 11.3. The molecular formula is C22H34N2O8. The molecule has 10 nitrogen and oxygen atoms in total. The van der Waals surface area contributed by atoms with Crippen LogP contribution in [0.1, 0.15) is 32.6 Å². The standard InChI is InChI=1S/C22H34N2O8/c1-21(31)9-6-8-7-12(26)15(20(23)30)19(29)22(8,32)18(28)13(9)17(27)14-11(25)5-4-10(16(14)21)24(2)3/h8-16,18,25-26,28,31-32H,4-7H2,1-3H3,(H2,23,30). The molecule has 10 heteroatoms. The van der Waals surface area contributed by atoms with Gasteiger partial charge in [-0.2, -0.15) is 0 Å². The van der Waals surface area contributed by atoms with Gasteiger partial charge in [-0.05, 0) is 46.7 Å². The largest absolute Gasteiger partial charge is 0.392 e. The fourth-order valence-corrected chi connectivity index (χ4v) is 7.46. The molecule has 4 rings (SSSR count). The van der Waals surface area contributed by atoms with Gasteiger partial charge in [0.25, 0.3) is 0 Å². The Hall–Kier alpha value is -1.43. The number of hydrogen-bond acceptors (Lipinski definition) is 9. The van der Waals surface area contributed by atoms with E-state index in [-0.39, 0.29) is 18.9 Å². The van der Waals surface area contributed by atoms with Crippen molar-refractivity contribution >= 4 is 17.5 Å². The maximum atomic E-state index is 13.7. The van der Waals surface area contributed by atoms with E-state index in [0.717, 1.165) is 0 Å². The first-order valence-electron chi connectivity index (χ1n) is 11.3. The molecule has 1 amide bonds. The Morgan fingerprint density at radius 1 is 1.03 bits per heavy atom. The molecule has 0 heterocycles. The third-order valence-electron chi connectivity index (χ3n) is 9.00. The van der Waals surface area contributed by atoms with Gasteiger partial charge in [-0.3, -0.25) is 14.4 Å². The first kappa shape index (κ1) is 23.7. The Labute approximate surface area is 186 Å². The maximum Gasteiger partial charge on any atom is 0.230 e. The number of ketones is 2. The molecule has 12 unspecified atom stereocenters. The molecule has 0 aliphatic heterocycles. The van der Waals surface area contributed by atoms with Crippen molar-refractivity contribution in [3.63, 3.8) is 0 Å². The molecule has 0 spiro atoms. The van der Waals surface area contributed by atoms with E-state index >= 15 is 0 Å². The number of carbonyl (C=O) groups excluding carboxylic acids is 3. The minimum absolute atomic E-state index is 0.00467. The SMILES string of the molecule is CN(C)C1CCC(O)C2C(=O)C3C(CC4CC(O)C(C(N)=O)C(=O)C4(O)C3O)C(C)(O)C21. The minimum atomic E-state index is -2.45. The Balaban J connectivity index is 1.80. The molecule has 12 atom stereocenters. The van der Waals surface area contributed by atoms with Gasteiger partial charge in [0.15, 0.2) is 11.4 Å². The average Bonchev–Trinajstić information content (AvgIpc) is 2.68. The Morgan fingerprint density at radius 3 is 2.22 bits per heavy atom. The quantitative estimate of drug-likeness (QED) is 0.244. The van der Waals surface area contributed by atoms with Crippen molar-refractivity contribution in [3.8, 4) is 0 Å². The fourth-order valence-electron chi connectivity index (χ4n) is 7.46. The number of primary amides is 1. The van der Waals surface area contributed by atoms with E-state index in [1.165, 1.54) is 0 Å². The van der Waals surface area contributed by atoms with Crippen molar-refractivity contribution in [2.75, 3.05) is 14.1 Å². The number of carbonyl (C=O) groups is 3. The summed E-state index contributed by atoms with van der Waals surface area (Å²) in [6.45, 7) is 1.59. The predicted octanol–water partition coefficient (Wildman–Crippen LogP) is -2.58. The van der Waals surface area contributed by atoms with E-state index in [2.05, 4.69) is 0 Å². The molecule has 0 aromatic carbocycles. The maximum absolute atomic E-state index is 13.7. The van der Waals surface area contributed by atoms with E-state index < -0.39 is 82.5 Å². The van der Waals surface area contributed by atoms with Gasteiger partial charge in [-0.1, -0.05) is 0 Å². The summed E-state index contributed by atoms with van der Waals surface area (Å²) in [6, 6.07) is -0.181. The molecule has 180 valence electrons. The van der Waals surface area contributed by atoms with Crippen LogP contribution in [0, 0.1) is 35.5 Å². The number of nitrogens with two attached hydrogens (primary N) is 1. The van der Waals surface area contributed by atoms with Gasteiger partial charge < -0.3 is 36.2 Å². The smallest absolute Gasteiger partial charge is 0.230 e.